The van der Waals surface area contributed by atoms with E-state index in [4.69, 9.17) is 0 Å². The van der Waals surface area contributed by atoms with Crippen molar-refractivity contribution in [2.45, 2.75) is 75.7 Å². The maximum atomic E-state index is 13.9. The molecule has 1 aromatic heterocycles. The number of aromatic nitrogens is 1. The number of amides is 2. The average Bonchev–Trinajstić information content (AvgIpc) is 3.14. The minimum atomic E-state index is -0.649. The van der Waals surface area contributed by atoms with Crippen molar-refractivity contribution in [2.24, 2.45) is 0 Å². The Balaban J connectivity index is 1.25. The van der Waals surface area contributed by atoms with Crippen molar-refractivity contribution in [1.82, 2.24) is 15.2 Å². The number of nitrogens with zero attached hydrogens (tertiary/aromatic N) is 2. The summed E-state index contributed by atoms with van der Waals surface area (Å²) >= 11 is 0. The largest absolute Gasteiger partial charge is 0.349 e. The molecule has 0 radical (unpaired) electrons. The van der Waals surface area contributed by atoms with Crippen LogP contribution >= 0.6 is 0 Å². The smallest absolute Gasteiger partial charge is 0.249 e. The lowest BCUT2D eigenvalue weighted by Gasteiger charge is -2.42. The number of carbonyl (C=O) groups is 2. The number of hydrogen-bond acceptors (Lipinski definition) is 3. The van der Waals surface area contributed by atoms with Gasteiger partial charge < -0.3 is 10.2 Å². The van der Waals surface area contributed by atoms with Crippen LogP contribution in [0.5, 0.6) is 0 Å². The van der Waals surface area contributed by atoms with Gasteiger partial charge in [-0.15, -0.1) is 0 Å². The van der Waals surface area contributed by atoms with Crippen molar-refractivity contribution in [3.63, 3.8) is 0 Å². The zero-order valence-corrected chi connectivity index (χ0v) is 23.6. The van der Waals surface area contributed by atoms with E-state index >= 15 is 0 Å². The second-order valence-corrected chi connectivity index (χ2v) is 11.4. The zero-order chi connectivity index (χ0) is 27.8. The minimum Gasteiger partial charge on any atom is -0.349 e. The summed E-state index contributed by atoms with van der Waals surface area (Å²) in [5.41, 5.74) is 3.58. The Hall–Kier alpha value is -3.73. The molecule has 5 rings (SSSR count). The topological polar surface area (TPSA) is 62.3 Å². The van der Waals surface area contributed by atoms with Gasteiger partial charge in [0, 0.05) is 36.5 Å². The molecule has 2 amide bonds. The lowest BCUT2D eigenvalue weighted by atomic mass is 9.71. The Morgan fingerprint density at radius 1 is 0.900 bits per heavy atom. The molecule has 0 saturated carbocycles. The lowest BCUT2D eigenvalue weighted by Crippen LogP contribution is -2.53. The average molecular weight is 536 g/mol. The van der Waals surface area contributed by atoms with Crippen LogP contribution in [0.1, 0.15) is 87.1 Å². The van der Waals surface area contributed by atoms with E-state index < -0.39 is 5.41 Å². The summed E-state index contributed by atoms with van der Waals surface area (Å²) in [5.74, 6) is 0.655. The first-order valence-electron chi connectivity index (χ1n) is 14.9. The van der Waals surface area contributed by atoms with E-state index in [2.05, 4.69) is 40.6 Å². The van der Waals surface area contributed by atoms with Crippen LogP contribution < -0.4 is 5.32 Å². The first-order chi connectivity index (χ1) is 19.6. The number of pyridine rings is 1. The third-order valence-electron chi connectivity index (χ3n) is 8.84. The molecule has 0 bridgehead atoms. The number of rotatable bonds is 6. The van der Waals surface area contributed by atoms with E-state index in [0.29, 0.717) is 31.8 Å². The quantitative estimate of drug-likeness (QED) is 0.374. The van der Waals surface area contributed by atoms with Gasteiger partial charge in [-0.05, 0) is 81.5 Å². The van der Waals surface area contributed by atoms with Gasteiger partial charge in [-0.3, -0.25) is 14.6 Å². The summed E-state index contributed by atoms with van der Waals surface area (Å²) in [5, 5.41) is 3.29. The molecule has 40 heavy (non-hydrogen) atoms. The second kappa shape index (κ2) is 13.1. The predicted octanol–water partition coefficient (Wildman–Crippen LogP) is 6.88. The molecule has 2 heterocycles. The molecule has 3 aromatic rings. The molecule has 2 aromatic carbocycles. The normalized spacial score (nSPS) is 20.3. The standard InChI is InChI=1S/C35H41N3O2/c1-27(28-13-4-2-5-14-28)37-34(40)35(31-19-6-3-7-20-31)22-25-38(26-23-35)33(39)30-16-9-8-15-29(17-12-18-30)32-21-10-11-24-36-32/h2-7,10-11,13-14,16,19-21,24,27,29H,8-9,12,15,17-18,22-23,25-26H2,1H3,(H,37,40). The van der Waals surface area contributed by atoms with Gasteiger partial charge in [0.1, 0.15) is 0 Å². The van der Waals surface area contributed by atoms with Crippen LogP contribution in [-0.2, 0) is 15.0 Å². The van der Waals surface area contributed by atoms with E-state index in [1.807, 2.05) is 72.6 Å². The van der Waals surface area contributed by atoms with Crippen molar-refractivity contribution in [1.29, 1.82) is 0 Å². The second-order valence-electron chi connectivity index (χ2n) is 11.4. The van der Waals surface area contributed by atoms with Crippen LogP contribution in [0.15, 0.2) is 96.7 Å². The van der Waals surface area contributed by atoms with Crippen molar-refractivity contribution in [2.75, 3.05) is 13.1 Å². The van der Waals surface area contributed by atoms with Gasteiger partial charge in [-0.2, -0.15) is 0 Å². The van der Waals surface area contributed by atoms with Gasteiger partial charge in [0.05, 0.1) is 11.5 Å². The number of carbonyl (C=O) groups excluding carboxylic acids is 2. The molecule has 5 heteroatoms. The summed E-state index contributed by atoms with van der Waals surface area (Å²) in [6.07, 6.45) is 11.2. The van der Waals surface area contributed by atoms with Crippen molar-refractivity contribution in [3.05, 3.63) is 114 Å². The number of likely N-dealkylation sites (tertiary alicyclic amines) is 1. The summed E-state index contributed by atoms with van der Waals surface area (Å²) in [6.45, 7) is 3.19. The molecule has 2 aliphatic rings. The first kappa shape index (κ1) is 27.8. The zero-order valence-electron chi connectivity index (χ0n) is 23.6. The van der Waals surface area contributed by atoms with E-state index in [9.17, 15) is 9.59 Å². The third kappa shape index (κ3) is 6.35. The Bertz CT molecular complexity index is 1280. The summed E-state index contributed by atoms with van der Waals surface area (Å²) in [7, 11) is 0. The number of hydrogen-bond donors (Lipinski definition) is 1. The van der Waals surface area contributed by atoms with Crippen LogP contribution in [0.3, 0.4) is 0 Å². The van der Waals surface area contributed by atoms with Crippen LogP contribution in [0.25, 0.3) is 0 Å². The molecule has 2 atom stereocenters. The predicted molar refractivity (Wildman–Crippen MR) is 160 cm³/mol. The third-order valence-corrected chi connectivity index (χ3v) is 8.84. The first-order valence-corrected chi connectivity index (χ1v) is 14.9. The highest BCUT2D eigenvalue weighted by atomic mass is 16.2. The molecule has 1 fully saturated rings. The Morgan fingerprint density at radius 3 is 2.27 bits per heavy atom. The molecular formula is C35H41N3O2. The Morgan fingerprint density at radius 2 is 1.57 bits per heavy atom. The van der Waals surface area contributed by atoms with E-state index in [-0.39, 0.29) is 17.9 Å². The van der Waals surface area contributed by atoms with Crippen LogP contribution in [-0.4, -0.2) is 34.8 Å². The van der Waals surface area contributed by atoms with Crippen LogP contribution in [0, 0.1) is 0 Å². The van der Waals surface area contributed by atoms with Gasteiger partial charge >= 0.3 is 0 Å². The molecule has 1 N–H and O–H groups in total. The van der Waals surface area contributed by atoms with E-state index in [0.717, 1.165) is 55.2 Å². The van der Waals surface area contributed by atoms with E-state index in [1.165, 1.54) is 5.69 Å². The van der Waals surface area contributed by atoms with Gasteiger partial charge in [0.25, 0.3) is 0 Å². The maximum absolute atomic E-state index is 13.9. The highest BCUT2D eigenvalue weighted by Crippen LogP contribution is 2.37. The number of nitrogens with one attached hydrogen (secondary N) is 1. The number of benzene rings is 2. The molecule has 1 aliphatic carbocycles. The summed E-state index contributed by atoms with van der Waals surface area (Å²) in [6, 6.07) is 26.3. The van der Waals surface area contributed by atoms with Gasteiger partial charge in [-0.25, -0.2) is 0 Å². The van der Waals surface area contributed by atoms with Gasteiger partial charge in [0.15, 0.2) is 0 Å². The van der Waals surface area contributed by atoms with Crippen LogP contribution in [0.4, 0.5) is 0 Å². The maximum Gasteiger partial charge on any atom is 0.249 e. The molecule has 208 valence electrons. The van der Waals surface area contributed by atoms with Crippen LogP contribution in [0.2, 0.25) is 0 Å². The van der Waals surface area contributed by atoms with Crippen molar-refractivity contribution < 1.29 is 9.59 Å². The molecule has 1 aliphatic heterocycles. The van der Waals surface area contributed by atoms with Crippen molar-refractivity contribution >= 4 is 11.8 Å². The SMILES string of the molecule is CC(NC(=O)C1(c2ccccc2)CCN(C(=O)C2=CCCCC(c3ccccn3)CCC2)CC1)c1ccccc1. The van der Waals surface area contributed by atoms with Gasteiger partial charge in [-0.1, -0.05) is 72.8 Å². The summed E-state index contributed by atoms with van der Waals surface area (Å²) in [4.78, 5) is 34.2. The molecule has 1 saturated heterocycles. The number of piperidine rings is 1. The highest BCUT2D eigenvalue weighted by molar-refractivity contribution is 5.94. The fourth-order valence-electron chi connectivity index (χ4n) is 6.39. The molecule has 5 nitrogen and oxygen atoms in total. The fourth-order valence-corrected chi connectivity index (χ4v) is 6.39. The highest BCUT2D eigenvalue weighted by Gasteiger charge is 2.44. The molecule has 2 unspecified atom stereocenters. The summed E-state index contributed by atoms with van der Waals surface area (Å²) < 4.78 is 0. The molecular weight excluding hydrogens is 494 g/mol. The monoisotopic (exact) mass is 535 g/mol. The Kier molecular flexibility index (Phi) is 9.10. The Labute approximate surface area is 238 Å². The van der Waals surface area contributed by atoms with Gasteiger partial charge in [0.2, 0.25) is 11.8 Å². The van der Waals surface area contributed by atoms with Crippen molar-refractivity contribution in [3.8, 4) is 0 Å². The number of allylic oxidation sites excluding steroid dienone is 1. The lowest BCUT2D eigenvalue weighted by molar-refractivity contribution is -0.135. The van der Waals surface area contributed by atoms with E-state index in [1.54, 1.807) is 0 Å². The minimum absolute atomic E-state index is 0.0457. The molecule has 0 spiro atoms. The fraction of sp³-hybridized carbons (Fsp3) is 0.400.